The monoisotopic (exact) mass is 171 g/mol. The Hall–Kier alpha value is -0.220. The molecule has 2 aliphatic rings. The maximum atomic E-state index is 4.34. The zero-order valence-electron chi connectivity index (χ0n) is 6.47. The summed E-state index contributed by atoms with van der Waals surface area (Å²) < 4.78 is 0. The van der Waals surface area contributed by atoms with Crippen molar-refractivity contribution in [2.45, 2.75) is 11.7 Å². The molecule has 1 atom stereocenters. The van der Waals surface area contributed by atoms with Gasteiger partial charge in [0.2, 0.25) is 0 Å². The molecule has 3 nitrogen and oxygen atoms in total. The topological polar surface area (TPSA) is 36.4 Å². The summed E-state index contributed by atoms with van der Waals surface area (Å²) >= 11 is 1.89. The first kappa shape index (κ1) is 7.43. The molecule has 0 aromatic rings. The van der Waals surface area contributed by atoms with Gasteiger partial charge in [0.1, 0.15) is 0 Å². The van der Waals surface area contributed by atoms with Crippen LogP contribution >= 0.6 is 11.8 Å². The molecular weight excluding hydrogens is 158 g/mol. The van der Waals surface area contributed by atoms with E-state index in [1.165, 1.54) is 13.0 Å². The molecule has 11 heavy (non-hydrogen) atoms. The van der Waals surface area contributed by atoms with E-state index in [-0.39, 0.29) is 0 Å². The van der Waals surface area contributed by atoms with E-state index in [0.717, 1.165) is 30.1 Å². The van der Waals surface area contributed by atoms with Gasteiger partial charge in [-0.1, -0.05) is 11.8 Å². The van der Waals surface area contributed by atoms with Gasteiger partial charge in [0, 0.05) is 18.3 Å². The highest BCUT2D eigenvalue weighted by atomic mass is 32.2. The summed E-state index contributed by atoms with van der Waals surface area (Å²) in [7, 11) is 0. The average Bonchev–Trinajstić information content (AvgIpc) is 2.60. The maximum Gasteiger partial charge on any atom is 0.156 e. The minimum absolute atomic E-state index is 0.749. The minimum atomic E-state index is 0.749. The Bertz CT molecular complexity index is 163. The molecule has 0 aromatic heterocycles. The summed E-state index contributed by atoms with van der Waals surface area (Å²) in [6, 6.07) is 0. The number of thioether (sulfide) groups is 1. The number of hydrogen-bond acceptors (Lipinski definition) is 4. The lowest BCUT2D eigenvalue weighted by Crippen LogP contribution is -2.19. The van der Waals surface area contributed by atoms with Crippen LogP contribution < -0.4 is 10.6 Å². The second-order valence-electron chi connectivity index (χ2n) is 2.85. The van der Waals surface area contributed by atoms with E-state index in [0.29, 0.717) is 0 Å². The standard InChI is InChI=1S/C7H13N3S/c1-2-8-5-6(1)11-7-9-3-4-10-7/h6,8H,1-5H2,(H,9,10). The van der Waals surface area contributed by atoms with Crippen LogP contribution in [0.15, 0.2) is 4.99 Å². The van der Waals surface area contributed by atoms with Gasteiger partial charge in [0.05, 0.1) is 6.54 Å². The SMILES string of the molecule is C1CNC(SC2CCNC2)=N1. The fourth-order valence-electron chi connectivity index (χ4n) is 1.34. The van der Waals surface area contributed by atoms with Crippen LogP contribution in [0, 0.1) is 0 Å². The third-order valence-electron chi connectivity index (χ3n) is 1.94. The van der Waals surface area contributed by atoms with Crippen molar-refractivity contribution in [2.75, 3.05) is 26.2 Å². The Labute approximate surface area is 71.0 Å². The van der Waals surface area contributed by atoms with E-state index in [4.69, 9.17) is 0 Å². The molecule has 2 rings (SSSR count). The number of nitrogens with zero attached hydrogens (tertiary/aromatic N) is 1. The molecule has 0 aromatic carbocycles. The minimum Gasteiger partial charge on any atom is -0.363 e. The Balaban J connectivity index is 1.79. The molecule has 0 spiro atoms. The first-order valence-electron chi connectivity index (χ1n) is 4.11. The third kappa shape index (κ3) is 1.87. The predicted octanol–water partition coefficient (Wildman–Crippen LogP) is 0.0407. The van der Waals surface area contributed by atoms with Crippen LogP contribution in [0.4, 0.5) is 0 Å². The molecule has 2 N–H and O–H groups in total. The fourth-order valence-corrected chi connectivity index (χ4v) is 2.45. The van der Waals surface area contributed by atoms with Gasteiger partial charge >= 0.3 is 0 Å². The number of hydrogen-bond donors (Lipinski definition) is 2. The van der Waals surface area contributed by atoms with E-state index >= 15 is 0 Å². The lowest BCUT2D eigenvalue weighted by Gasteiger charge is -2.06. The van der Waals surface area contributed by atoms with Crippen LogP contribution in [0.2, 0.25) is 0 Å². The van der Waals surface area contributed by atoms with Crippen molar-refractivity contribution in [1.29, 1.82) is 0 Å². The Kier molecular flexibility index (Phi) is 2.33. The summed E-state index contributed by atoms with van der Waals surface area (Å²) in [6.45, 7) is 4.31. The second kappa shape index (κ2) is 3.45. The highest BCUT2D eigenvalue weighted by Gasteiger charge is 2.18. The van der Waals surface area contributed by atoms with Crippen LogP contribution in [-0.2, 0) is 0 Å². The van der Waals surface area contributed by atoms with E-state index < -0.39 is 0 Å². The molecule has 2 heterocycles. The summed E-state index contributed by atoms with van der Waals surface area (Å²) in [5.41, 5.74) is 0. The van der Waals surface area contributed by atoms with Gasteiger partial charge in [0.25, 0.3) is 0 Å². The second-order valence-corrected chi connectivity index (χ2v) is 4.14. The molecule has 0 saturated carbocycles. The molecule has 4 heteroatoms. The molecule has 1 fully saturated rings. The van der Waals surface area contributed by atoms with E-state index in [9.17, 15) is 0 Å². The molecule has 0 aliphatic carbocycles. The van der Waals surface area contributed by atoms with Gasteiger partial charge in [0.15, 0.2) is 5.17 Å². The van der Waals surface area contributed by atoms with E-state index in [2.05, 4.69) is 15.6 Å². The number of rotatable bonds is 1. The van der Waals surface area contributed by atoms with Crippen LogP contribution in [0.5, 0.6) is 0 Å². The molecule has 62 valence electrons. The summed E-state index contributed by atoms with van der Waals surface area (Å²) in [4.78, 5) is 4.34. The van der Waals surface area contributed by atoms with Crippen molar-refractivity contribution in [3.8, 4) is 0 Å². The highest BCUT2D eigenvalue weighted by molar-refractivity contribution is 8.14. The Morgan fingerprint density at radius 2 is 2.45 bits per heavy atom. The molecule has 1 unspecified atom stereocenters. The molecule has 0 bridgehead atoms. The smallest absolute Gasteiger partial charge is 0.156 e. The fraction of sp³-hybridized carbons (Fsp3) is 0.857. The highest BCUT2D eigenvalue weighted by Crippen LogP contribution is 2.18. The number of amidine groups is 1. The van der Waals surface area contributed by atoms with Crippen LogP contribution in [0.3, 0.4) is 0 Å². The zero-order valence-corrected chi connectivity index (χ0v) is 7.28. The van der Waals surface area contributed by atoms with Crippen molar-refractivity contribution in [2.24, 2.45) is 4.99 Å². The van der Waals surface area contributed by atoms with Crippen molar-refractivity contribution < 1.29 is 0 Å². The molecule has 1 saturated heterocycles. The molecule has 2 aliphatic heterocycles. The quantitative estimate of drug-likeness (QED) is 0.585. The third-order valence-corrected chi connectivity index (χ3v) is 3.17. The van der Waals surface area contributed by atoms with Crippen molar-refractivity contribution in [3.05, 3.63) is 0 Å². The van der Waals surface area contributed by atoms with Crippen LogP contribution in [0.25, 0.3) is 0 Å². The number of nitrogens with one attached hydrogen (secondary N) is 2. The van der Waals surface area contributed by atoms with Crippen molar-refractivity contribution in [3.63, 3.8) is 0 Å². The lowest BCUT2D eigenvalue weighted by atomic mass is 10.4. The summed E-state index contributed by atoms with van der Waals surface area (Å²) in [5, 5.41) is 8.51. The summed E-state index contributed by atoms with van der Waals surface area (Å²) in [6.07, 6.45) is 1.28. The Morgan fingerprint density at radius 1 is 1.45 bits per heavy atom. The summed E-state index contributed by atoms with van der Waals surface area (Å²) in [5.74, 6) is 0. The number of aliphatic imine (C=N–C) groups is 1. The largest absolute Gasteiger partial charge is 0.363 e. The normalized spacial score (nSPS) is 30.2. The van der Waals surface area contributed by atoms with Crippen molar-refractivity contribution >= 4 is 16.9 Å². The van der Waals surface area contributed by atoms with Gasteiger partial charge in [-0.3, -0.25) is 4.99 Å². The van der Waals surface area contributed by atoms with Crippen LogP contribution in [0.1, 0.15) is 6.42 Å². The molecule has 0 amide bonds. The molecule has 0 radical (unpaired) electrons. The lowest BCUT2D eigenvalue weighted by molar-refractivity contribution is 0.859. The van der Waals surface area contributed by atoms with Gasteiger partial charge < -0.3 is 10.6 Å². The van der Waals surface area contributed by atoms with Crippen molar-refractivity contribution in [1.82, 2.24) is 10.6 Å². The maximum absolute atomic E-state index is 4.34. The van der Waals surface area contributed by atoms with Crippen LogP contribution in [-0.4, -0.2) is 36.6 Å². The molecular formula is C7H13N3S. The average molecular weight is 171 g/mol. The first-order chi connectivity index (χ1) is 5.45. The van der Waals surface area contributed by atoms with E-state index in [1.807, 2.05) is 11.8 Å². The first-order valence-corrected chi connectivity index (χ1v) is 4.99. The van der Waals surface area contributed by atoms with Gasteiger partial charge in [-0.15, -0.1) is 0 Å². The van der Waals surface area contributed by atoms with Gasteiger partial charge in [-0.25, -0.2) is 0 Å². The van der Waals surface area contributed by atoms with E-state index in [1.54, 1.807) is 0 Å². The Morgan fingerprint density at radius 3 is 3.09 bits per heavy atom. The zero-order chi connectivity index (χ0) is 7.52. The van der Waals surface area contributed by atoms with Gasteiger partial charge in [-0.05, 0) is 13.0 Å². The van der Waals surface area contributed by atoms with Gasteiger partial charge in [-0.2, -0.15) is 0 Å². The predicted molar refractivity (Wildman–Crippen MR) is 49.2 cm³/mol.